The first-order chi connectivity index (χ1) is 7.56. The molecule has 2 N–H and O–H groups in total. The van der Waals surface area contributed by atoms with E-state index in [4.69, 9.17) is 16.7 Å². The highest BCUT2D eigenvalue weighted by atomic mass is 35.5. The first-order valence-corrected chi connectivity index (χ1v) is 5.71. The van der Waals surface area contributed by atoms with Crippen molar-refractivity contribution in [3.8, 4) is 0 Å². The van der Waals surface area contributed by atoms with Gasteiger partial charge in [0.1, 0.15) is 0 Å². The maximum Gasteiger partial charge on any atom is 0.337 e. The van der Waals surface area contributed by atoms with Crippen LogP contribution in [0.1, 0.15) is 35.7 Å². The van der Waals surface area contributed by atoms with Gasteiger partial charge in [-0.25, -0.2) is 4.79 Å². The standard InChI is InChI=1S/C12H16ClNO2/c1-3-4-5-14-11-8(2)6-9(13)7-10(11)12(15)16/h6-7,14H,3-5H2,1-2H3,(H,15,16). The predicted octanol–water partition coefficient (Wildman–Crippen LogP) is 3.56. The van der Waals surface area contributed by atoms with Gasteiger partial charge in [0, 0.05) is 11.6 Å². The van der Waals surface area contributed by atoms with E-state index in [1.807, 2.05) is 6.92 Å². The second kappa shape index (κ2) is 5.75. The van der Waals surface area contributed by atoms with Gasteiger partial charge in [0.25, 0.3) is 0 Å². The summed E-state index contributed by atoms with van der Waals surface area (Å²) in [7, 11) is 0. The molecule has 88 valence electrons. The molecule has 0 aliphatic rings. The third kappa shape index (κ3) is 3.14. The third-order valence-electron chi connectivity index (χ3n) is 2.36. The number of unbranched alkanes of at least 4 members (excludes halogenated alkanes) is 1. The average molecular weight is 242 g/mol. The normalized spacial score (nSPS) is 10.2. The Morgan fingerprint density at radius 3 is 2.75 bits per heavy atom. The van der Waals surface area contributed by atoms with Crippen LogP contribution in [0.3, 0.4) is 0 Å². The van der Waals surface area contributed by atoms with Crippen LogP contribution in [0.2, 0.25) is 5.02 Å². The van der Waals surface area contributed by atoms with Crippen LogP contribution in [0, 0.1) is 6.92 Å². The fourth-order valence-electron chi connectivity index (χ4n) is 1.54. The van der Waals surface area contributed by atoms with Crippen molar-refractivity contribution in [2.75, 3.05) is 11.9 Å². The minimum absolute atomic E-state index is 0.237. The number of carbonyl (C=O) groups is 1. The number of carboxylic acids is 1. The molecule has 0 aliphatic heterocycles. The lowest BCUT2D eigenvalue weighted by Gasteiger charge is -2.12. The van der Waals surface area contributed by atoms with Gasteiger partial charge in [-0.15, -0.1) is 0 Å². The predicted molar refractivity (Wildman–Crippen MR) is 66.5 cm³/mol. The van der Waals surface area contributed by atoms with Crippen LogP contribution in [0.25, 0.3) is 0 Å². The Morgan fingerprint density at radius 2 is 2.19 bits per heavy atom. The number of hydrogen-bond donors (Lipinski definition) is 2. The van der Waals surface area contributed by atoms with Gasteiger partial charge in [-0.05, 0) is 31.0 Å². The molecule has 0 unspecified atom stereocenters. The maximum atomic E-state index is 11.1. The molecular formula is C12H16ClNO2. The van der Waals surface area contributed by atoms with Crippen molar-refractivity contribution in [1.29, 1.82) is 0 Å². The number of nitrogens with one attached hydrogen (secondary N) is 1. The number of hydrogen-bond acceptors (Lipinski definition) is 2. The van der Waals surface area contributed by atoms with E-state index in [2.05, 4.69) is 12.2 Å². The van der Waals surface area contributed by atoms with Crippen molar-refractivity contribution in [1.82, 2.24) is 0 Å². The smallest absolute Gasteiger partial charge is 0.337 e. The molecule has 4 heteroatoms. The molecule has 0 radical (unpaired) electrons. The van der Waals surface area contributed by atoms with Gasteiger partial charge >= 0.3 is 5.97 Å². The zero-order valence-electron chi connectivity index (χ0n) is 9.51. The summed E-state index contributed by atoms with van der Waals surface area (Å²) < 4.78 is 0. The summed E-state index contributed by atoms with van der Waals surface area (Å²) in [6.45, 7) is 4.72. The van der Waals surface area contributed by atoms with Crippen LogP contribution in [-0.4, -0.2) is 17.6 Å². The largest absolute Gasteiger partial charge is 0.478 e. The van der Waals surface area contributed by atoms with Gasteiger partial charge < -0.3 is 10.4 Å². The van der Waals surface area contributed by atoms with Gasteiger partial charge in [-0.2, -0.15) is 0 Å². The molecule has 0 spiro atoms. The van der Waals surface area contributed by atoms with Crippen LogP contribution < -0.4 is 5.32 Å². The molecule has 0 saturated carbocycles. The topological polar surface area (TPSA) is 49.3 Å². The van der Waals surface area contributed by atoms with E-state index in [9.17, 15) is 4.79 Å². The Kier molecular flexibility index (Phi) is 4.62. The fraction of sp³-hybridized carbons (Fsp3) is 0.417. The van der Waals surface area contributed by atoms with E-state index in [1.54, 1.807) is 6.07 Å². The number of carboxylic acid groups (broad SMARTS) is 1. The van der Waals surface area contributed by atoms with Gasteiger partial charge in [0.15, 0.2) is 0 Å². The number of halogens is 1. The molecule has 0 fully saturated rings. The molecule has 0 amide bonds. The van der Waals surface area contributed by atoms with Crippen molar-refractivity contribution >= 4 is 23.3 Å². The second-order valence-electron chi connectivity index (χ2n) is 3.73. The van der Waals surface area contributed by atoms with Crippen LogP contribution in [-0.2, 0) is 0 Å². The molecule has 0 atom stereocenters. The number of aromatic carboxylic acids is 1. The fourth-order valence-corrected chi connectivity index (χ4v) is 1.81. The van der Waals surface area contributed by atoms with Gasteiger partial charge in [-0.1, -0.05) is 24.9 Å². The van der Waals surface area contributed by atoms with Crippen LogP contribution in [0.4, 0.5) is 5.69 Å². The molecule has 0 aliphatic carbocycles. The molecule has 1 aromatic carbocycles. The highest BCUT2D eigenvalue weighted by Gasteiger charge is 2.13. The lowest BCUT2D eigenvalue weighted by atomic mass is 10.1. The monoisotopic (exact) mass is 241 g/mol. The van der Waals surface area contributed by atoms with Crippen molar-refractivity contribution < 1.29 is 9.90 Å². The Hall–Kier alpha value is -1.22. The molecular weight excluding hydrogens is 226 g/mol. The van der Waals surface area contributed by atoms with Gasteiger partial charge in [0.05, 0.1) is 11.3 Å². The highest BCUT2D eigenvalue weighted by Crippen LogP contribution is 2.25. The SMILES string of the molecule is CCCCNc1c(C)cc(Cl)cc1C(=O)O. The zero-order chi connectivity index (χ0) is 12.1. The van der Waals surface area contributed by atoms with Crippen molar-refractivity contribution in [2.45, 2.75) is 26.7 Å². The summed E-state index contributed by atoms with van der Waals surface area (Å²) in [4.78, 5) is 11.1. The second-order valence-corrected chi connectivity index (χ2v) is 4.17. The molecule has 16 heavy (non-hydrogen) atoms. The molecule has 0 heterocycles. The first-order valence-electron chi connectivity index (χ1n) is 5.33. The zero-order valence-corrected chi connectivity index (χ0v) is 10.3. The molecule has 0 saturated heterocycles. The average Bonchev–Trinajstić information content (AvgIpc) is 2.20. The molecule has 3 nitrogen and oxygen atoms in total. The Balaban J connectivity index is 2.99. The van der Waals surface area contributed by atoms with Crippen molar-refractivity contribution in [3.05, 3.63) is 28.3 Å². The van der Waals surface area contributed by atoms with E-state index in [0.717, 1.165) is 24.9 Å². The molecule has 1 aromatic rings. The lowest BCUT2D eigenvalue weighted by molar-refractivity contribution is 0.0698. The molecule has 0 aromatic heterocycles. The van der Waals surface area contributed by atoms with E-state index in [0.29, 0.717) is 10.7 Å². The minimum Gasteiger partial charge on any atom is -0.478 e. The summed E-state index contributed by atoms with van der Waals surface area (Å²) >= 11 is 5.84. The first kappa shape index (κ1) is 12.8. The number of rotatable bonds is 5. The molecule has 1 rings (SSSR count). The quantitative estimate of drug-likeness (QED) is 0.775. The van der Waals surface area contributed by atoms with Crippen LogP contribution in [0.5, 0.6) is 0 Å². The number of benzene rings is 1. The van der Waals surface area contributed by atoms with E-state index >= 15 is 0 Å². The number of aryl methyl sites for hydroxylation is 1. The van der Waals surface area contributed by atoms with E-state index < -0.39 is 5.97 Å². The van der Waals surface area contributed by atoms with Gasteiger partial charge in [0.2, 0.25) is 0 Å². The summed E-state index contributed by atoms with van der Waals surface area (Å²) in [6.07, 6.45) is 2.09. The Labute approximate surface area is 100 Å². The maximum absolute atomic E-state index is 11.1. The van der Waals surface area contributed by atoms with E-state index in [1.165, 1.54) is 6.07 Å². The van der Waals surface area contributed by atoms with Crippen LogP contribution in [0.15, 0.2) is 12.1 Å². The lowest BCUT2D eigenvalue weighted by Crippen LogP contribution is -2.09. The van der Waals surface area contributed by atoms with Crippen molar-refractivity contribution in [2.24, 2.45) is 0 Å². The van der Waals surface area contributed by atoms with Crippen LogP contribution >= 0.6 is 11.6 Å². The molecule has 0 bridgehead atoms. The highest BCUT2D eigenvalue weighted by molar-refractivity contribution is 6.31. The van der Waals surface area contributed by atoms with E-state index in [-0.39, 0.29) is 5.56 Å². The summed E-state index contributed by atoms with van der Waals surface area (Å²) in [6, 6.07) is 3.24. The summed E-state index contributed by atoms with van der Waals surface area (Å²) in [5.74, 6) is -0.954. The number of anilines is 1. The minimum atomic E-state index is -0.954. The Bertz CT molecular complexity index is 391. The third-order valence-corrected chi connectivity index (χ3v) is 2.58. The summed E-state index contributed by atoms with van der Waals surface area (Å²) in [5.41, 5.74) is 1.77. The summed E-state index contributed by atoms with van der Waals surface area (Å²) in [5, 5.41) is 12.7. The van der Waals surface area contributed by atoms with Gasteiger partial charge in [-0.3, -0.25) is 0 Å². The Morgan fingerprint density at radius 1 is 1.50 bits per heavy atom. The van der Waals surface area contributed by atoms with Crippen molar-refractivity contribution in [3.63, 3.8) is 0 Å².